The van der Waals surface area contributed by atoms with Crippen LogP contribution in [-0.2, 0) is 4.79 Å². The van der Waals surface area contributed by atoms with Gasteiger partial charge in [0, 0.05) is 12.2 Å². The average molecular weight is 264 g/mol. The third-order valence-electron chi connectivity index (χ3n) is 3.40. The third kappa shape index (κ3) is 2.83. The first-order valence-corrected chi connectivity index (χ1v) is 6.15. The van der Waals surface area contributed by atoms with Gasteiger partial charge < -0.3 is 15.2 Å². The minimum absolute atomic E-state index is 0.317. The van der Waals surface area contributed by atoms with Crippen LogP contribution < -0.4 is 10.1 Å². The van der Waals surface area contributed by atoms with E-state index >= 15 is 0 Å². The zero-order valence-corrected chi connectivity index (χ0v) is 10.6. The van der Waals surface area contributed by atoms with Crippen molar-refractivity contribution in [2.45, 2.75) is 25.3 Å². The van der Waals surface area contributed by atoms with Crippen LogP contribution in [-0.4, -0.2) is 35.1 Å². The van der Waals surface area contributed by atoms with E-state index in [9.17, 15) is 9.59 Å². The molecule has 1 saturated carbocycles. The summed E-state index contributed by atoms with van der Waals surface area (Å²) >= 11 is 0. The van der Waals surface area contributed by atoms with Crippen molar-refractivity contribution in [1.82, 2.24) is 10.3 Å². The molecule has 102 valence electrons. The van der Waals surface area contributed by atoms with Crippen LogP contribution in [0.4, 0.5) is 0 Å². The van der Waals surface area contributed by atoms with Gasteiger partial charge in [-0.3, -0.25) is 14.6 Å². The quantitative estimate of drug-likeness (QED) is 0.849. The molecule has 1 aliphatic carbocycles. The standard InChI is InChI=1S/C13H16N2O4/c1-19-11-7-14-6-5-9(11)12(16)15-10-4-2-3-8(10)13(17)18/h5-8,10H,2-4H2,1H3,(H,15,16)(H,17,18). The molecule has 1 heterocycles. The Morgan fingerprint density at radius 1 is 1.47 bits per heavy atom. The van der Waals surface area contributed by atoms with Crippen LogP contribution in [0.2, 0.25) is 0 Å². The van der Waals surface area contributed by atoms with Crippen molar-refractivity contribution in [1.29, 1.82) is 0 Å². The first-order valence-electron chi connectivity index (χ1n) is 6.15. The molecule has 1 aromatic rings. The number of nitrogens with zero attached hydrogens (tertiary/aromatic N) is 1. The number of carbonyl (C=O) groups is 2. The number of ether oxygens (including phenoxy) is 1. The van der Waals surface area contributed by atoms with Crippen LogP contribution in [0.3, 0.4) is 0 Å². The van der Waals surface area contributed by atoms with Crippen molar-refractivity contribution in [3.8, 4) is 5.75 Å². The summed E-state index contributed by atoms with van der Waals surface area (Å²) in [5.41, 5.74) is 0.369. The van der Waals surface area contributed by atoms with E-state index in [1.807, 2.05) is 0 Å². The van der Waals surface area contributed by atoms with Gasteiger partial charge >= 0.3 is 5.97 Å². The number of aromatic nitrogens is 1. The highest BCUT2D eigenvalue weighted by molar-refractivity contribution is 5.97. The van der Waals surface area contributed by atoms with Gasteiger partial charge in [0.1, 0.15) is 5.75 Å². The molecule has 1 fully saturated rings. The number of carboxylic acid groups (broad SMARTS) is 1. The molecule has 6 heteroatoms. The molecule has 0 bridgehead atoms. The summed E-state index contributed by atoms with van der Waals surface area (Å²) in [6, 6.07) is 1.24. The maximum absolute atomic E-state index is 12.1. The van der Waals surface area contributed by atoms with E-state index in [1.165, 1.54) is 19.5 Å². The summed E-state index contributed by atoms with van der Waals surface area (Å²) in [6.45, 7) is 0. The van der Waals surface area contributed by atoms with Gasteiger partial charge in [0.2, 0.25) is 0 Å². The van der Waals surface area contributed by atoms with Crippen molar-refractivity contribution in [3.63, 3.8) is 0 Å². The molecular formula is C13H16N2O4. The lowest BCUT2D eigenvalue weighted by molar-refractivity contribution is -0.142. The molecule has 0 aromatic carbocycles. The molecule has 0 aliphatic heterocycles. The summed E-state index contributed by atoms with van der Waals surface area (Å²) in [4.78, 5) is 27.1. The zero-order valence-electron chi connectivity index (χ0n) is 10.6. The second-order valence-corrected chi connectivity index (χ2v) is 4.53. The van der Waals surface area contributed by atoms with Gasteiger partial charge in [-0.1, -0.05) is 6.42 Å². The fraction of sp³-hybridized carbons (Fsp3) is 0.462. The number of methoxy groups -OCH3 is 1. The molecular weight excluding hydrogens is 248 g/mol. The molecule has 1 aliphatic rings. The molecule has 6 nitrogen and oxygen atoms in total. The Balaban J connectivity index is 2.10. The number of pyridine rings is 1. The van der Waals surface area contributed by atoms with Crippen LogP contribution >= 0.6 is 0 Å². The van der Waals surface area contributed by atoms with E-state index in [-0.39, 0.29) is 11.9 Å². The number of aliphatic carboxylic acids is 1. The summed E-state index contributed by atoms with van der Waals surface area (Å²) in [5.74, 6) is -1.30. The lowest BCUT2D eigenvalue weighted by Crippen LogP contribution is -2.40. The van der Waals surface area contributed by atoms with E-state index in [4.69, 9.17) is 9.84 Å². The van der Waals surface area contributed by atoms with Crippen LogP contribution in [0, 0.1) is 5.92 Å². The first-order chi connectivity index (χ1) is 9.13. The fourth-order valence-corrected chi connectivity index (χ4v) is 2.40. The number of hydrogen-bond donors (Lipinski definition) is 2. The molecule has 0 spiro atoms. The van der Waals surface area contributed by atoms with Crippen LogP contribution in [0.15, 0.2) is 18.5 Å². The van der Waals surface area contributed by atoms with Crippen LogP contribution in [0.1, 0.15) is 29.6 Å². The Kier molecular flexibility index (Phi) is 3.99. The van der Waals surface area contributed by atoms with E-state index < -0.39 is 11.9 Å². The van der Waals surface area contributed by atoms with Crippen LogP contribution in [0.25, 0.3) is 0 Å². The maximum atomic E-state index is 12.1. The van der Waals surface area contributed by atoms with E-state index in [0.717, 1.165) is 6.42 Å². The monoisotopic (exact) mass is 264 g/mol. The van der Waals surface area contributed by atoms with Gasteiger partial charge in [0.15, 0.2) is 0 Å². The molecule has 2 unspecified atom stereocenters. The lowest BCUT2D eigenvalue weighted by atomic mass is 10.0. The molecule has 1 amide bonds. The molecule has 2 N–H and O–H groups in total. The number of hydrogen-bond acceptors (Lipinski definition) is 4. The topological polar surface area (TPSA) is 88.5 Å². The largest absolute Gasteiger partial charge is 0.494 e. The highest BCUT2D eigenvalue weighted by atomic mass is 16.5. The highest BCUT2D eigenvalue weighted by Gasteiger charge is 2.34. The van der Waals surface area contributed by atoms with Crippen molar-refractivity contribution in [2.75, 3.05) is 7.11 Å². The Labute approximate surface area is 110 Å². The van der Waals surface area contributed by atoms with Gasteiger partial charge in [-0.15, -0.1) is 0 Å². The van der Waals surface area contributed by atoms with Crippen molar-refractivity contribution in [3.05, 3.63) is 24.0 Å². The minimum Gasteiger partial charge on any atom is -0.494 e. The van der Waals surface area contributed by atoms with E-state index in [1.54, 1.807) is 6.07 Å². The van der Waals surface area contributed by atoms with Crippen molar-refractivity contribution < 1.29 is 19.4 Å². The summed E-state index contributed by atoms with van der Waals surface area (Å²) < 4.78 is 5.07. The second kappa shape index (κ2) is 5.69. The average Bonchev–Trinajstić information content (AvgIpc) is 2.87. The number of carbonyl (C=O) groups excluding carboxylic acids is 1. The van der Waals surface area contributed by atoms with Crippen molar-refractivity contribution in [2.24, 2.45) is 5.92 Å². The third-order valence-corrected chi connectivity index (χ3v) is 3.40. The van der Waals surface area contributed by atoms with Gasteiger partial charge in [-0.05, 0) is 18.9 Å². The van der Waals surface area contributed by atoms with Gasteiger partial charge in [-0.25, -0.2) is 0 Å². The molecule has 1 aromatic heterocycles. The van der Waals surface area contributed by atoms with E-state index in [2.05, 4.69) is 10.3 Å². The number of rotatable bonds is 4. The van der Waals surface area contributed by atoms with Crippen LogP contribution in [0.5, 0.6) is 5.75 Å². The zero-order chi connectivity index (χ0) is 13.8. The molecule has 19 heavy (non-hydrogen) atoms. The maximum Gasteiger partial charge on any atom is 0.308 e. The normalized spacial score (nSPS) is 21.9. The van der Waals surface area contributed by atoms with Crippen molar-refractivity contribution >= 4 is 11.9 Å². The van der Waals surface area contributed by atoms with Gasteiger partial charge in [0.05, 0.1) is 24.8 Å². The fourth-order valence-electron chi connectivity index (χ4n) is 2.40. The number of amides is 1. The Morgan fingerprint density at radius 3 is 2.95 bits per heavy atom. The summed E-state index contributed by atoms with van der Waals surface area (Å²) in [7, 11) is 1.46. The predicted molar refractivity (Wildman–Crippen MR) is 67.0 cm³/mol. The molecule has 2 rings (SSSR count). The Morgan fingerprint density at radius 2 is 2.26 bits per heavy atom. The summed E-state index contributed by atoms with van der Waals surface area (Å²) in [6.07, 6.45) is 5.07. The SMILES string of the molecule is COc1cnccc1C(=O)NC1CCCC1C(=O)O. The highest BCUT2D eigenvalue weighted by Crippen LogP contribution is 2.26. The predicted octanol–water partition coefficient (Wildman–Crippen LogP) is 1.07. The van der Waals surface area contributed by atoms with Gasteiger partial charge in [0.25, 0.3) is 5.91 Å². The summed E-state index contributed by atoms with van der Waals surface area (Å²) in [5, 5.41) is 11.9. The number of nitrogens with one attached hydrogen (secondary N) is 1. The van der Waals surface area contributed by atoms with Gasteiger partial charge in [-0.2, -0.15) is 0 Å². The smallest absolute Gasteiger partial charge is 0.308 e. The first kappa shape index (κ1) is 13.3. The molecule has 0 radical (unpaired) electrons. The van der Waals surface area contributed by atoms with E-state index in [0.29, 0.717) is 24.2 Å². The lowest BCUT2D eigenvalue weighted by Gasteiger charge is -2.18. The Bertz CT molecular complexity index is 489. The Hall–Kier alpha value is -2.11. The molecule has 0 saturated heterocycles. The number of carboxylic acids is 1. The molecule has 2 atom stereocenters. The minimum atomic E-state index is -0.857. The second-order valence-electron chi connectivity index (χ2n) is 4.53.